The second-order valence-electron chi connectivity index (χ2n) is 5.26. The highest BCUT2D eigenvalue weighted by molar-refractivity contribution is 7.91. The molecule has 0 saturated carbocycles. The molecule has 1 saturated heterocycles. The van der Waals surface area contributed by atoms with E-state index < -0.39 is 16.4 Å². The van der Waals surface area contributed by atoms with Gasteiger partial charge in [-0.2, -0.15) is 8.78 Å². The van der Waals surface area contributed by atoms with Gasteiger partial charge in [-0.05, 0) is 18.6 Å². The minimum absolute atomic E-state index is 0.0300. The lowest BCUT2D eigenvalue weighted by Gasteiger charge is -2.21. The fourth-order valence-electron chi connectivity index (χ4n) is 2.36. The van der Waals surface area contributed by atoms with Crippen molar-refractivity contribution in [2.45, 2.75) is 19.1 Å². The van der Waals surface area contributed by atoms with E-state index in [0.717, 1.165) is 0 Å². The Kier molecular flexibility index (Phi) is 5.35. The van der Waals surface area contributed by atoms with Crippen LogP contribution >= 0.6 is 0 Å². The van der Waals surface area contributed by atoms with E-state index in [1.807, 2.05) is 0 Å². The molecule has 1 unspecified atom stereocenters. The highest BCUT2D eigenvalue weighted by atomic mass is 32.2. The van der Waals surface area contributed by atoms with Crippen molar-refractivity contribution in [1.82, 2.24) is 4.90 Å². The maximum atomic E-state index is 12.3. The third-order valence-electron chi connectivity index (χ3n) is 3.64. The number of carbonyl (C=O) groups is 1. The summed E-state index contributed by atoms with van der Waals surface area (Å²) in [4.78, 5) is 13.5. The molecule has 0 N–H and O–H groups in total. The molecule has 126 valence electrons. The molecule has 1 heterocycles. The molecule has 8 heteroatoms. The van der Waals surface area contributed by atoms with Gasteiger partial charge in [0.25, 0.3) is 0 Å². The maximum absolute atomic E-state index is 12.3. The number of ether oxygens (including phenoxy) is 1. The highest BCUT2D eigenvalue weighted by Gasteiger charge is 2.32. The van der Waals surface area contributed by atoms with E-state index in [-0.39, 0.29) is 29.2 Å². The fraction of sp³-hybridized carbons (Fsp3) is 0.400. The molecule has 1 amide bonds. The highest BCUT2D eigenvalue weighted by Crippen LogP contribution is 2.22. The first-order chi connectivity index (χ1) is 10.8. The quantitative estimate of drug-likeness (QED) is 0.765. The van der Waals surface area contributed by atoms with Gasteiger partial charge in [-0.25, -0.2) is 8.42 Å². The van der Waals surface area contributed by atoms with Crippen LogP contribution in [0.15, 0.2) is 30.3 Å². The Balaban J connectivity index is 2.07. The third kappa shape index (κ3) is 4.75. The van der Waals surface area contributed by atoms with Crippen molar-refractivity contribution in [3.05, 3.63) is 35.9 Å². The SMILES string of the molecule is CN(C(=O)/C=C/c1ccccc1OC(F)F)C1CCS(=O)(=O)C1. The summed E-state index contributed by atoms with van der Waals surface area (Å²) >= 11 is 0. The summed E-state index contributed by atoms with van der Waals surface area (Å²) in [5.74, 6) is -0.394. The van der Waals surface area contributed by atoms with Gasteiger partial charge in [-0.15, -0.1) is 0 Å². The maximum Gasteiger partial charge on any atom is 0.387 e. The zero-order valence-electron chi connectivity index (χ0n) is 12.5. The molecule has 1 aromatic rings. The normalized spacial score (nSPS) is 20.1. The number of sulfone groups is 1. The monoisotopic (exact) mass is 345 g/mol. The summed E-state index contributed by atoms with van der Waals surface area (Å²) in [5.41, 5.74) is 0.341. The van der Waals surface area contributed by atoms with Crippen molar-refractivity contribution in [1.29, 1.82) is 0 Å². The third-order valence-corrected chi connectivity index (χ3v) is 5.39. The van der Waals surface area contributed by atoms with E-state index in [1.54, 1.807) is 18.2 Å². The van der Waals surface area contributed by atoms with Crippen LogP contribution in [-0.4, -0.2) is 50.4 Å². The number of amides is 1. The van der Waals surface area contributed by atoms with Crippen LogP contribution in [0, 0.1) is 0 Å². The number of likely N-dealkylation sites (N-methyl/N-ethyl adjacent to an activating group) is 1. The molecular formula is C15H17F2NO4S. The van der Waals surface area contributed by atoms with Crippen LogP contribution in [0.2, 0.25) is 0 Å². The molecule has 2 rings (SSSR count). The van der Waals surface area contributed by atoms with Crippen molar-refractivity contribution in [3.63, 3.8) is 0 Å². The van der Waals surface area contributed by atoms with Crippen LogP contribution in [0.4, 0.5) is 8.78 Å². The molecule has 0 aliphatic carbocycles. The van der Waals surface area contributed by atoms with E-state index in [4.69, 9.17) is 0 Å². The van der Waals surface area contributed by atoms with Gasteiger partial charge in [-0.3, -0.25) is 4.79 Å². The van der Waals surface area contributed by atoms with E-state index in [1.165, 1.54) is 30.2 Å². The number of para-hydroxylation sites is 1. The molecule has 1 aliphatic rings. The Hall–Kier alpha value is -1.96. The Bertz CT molecular complexity index is 703. The number of alkyl halides is 2. The van der Waals surface area contributed by atoms with Gasteiger partial charge < -0.3 is 9.64 Å². The number of rotatable bonds is 5. The van der Waals surface area contributed by atoms with Crippen molar-refractivity contribution in [3.8, 4) is 5.75 Å². The minimum atomic E-state index is -3.08. The predicted molar refractivity (Wildman–Crippen MR) is 81.9 cm³/mol. The van der Waals surface area contributed by atoms with Gasteiger partial charge in [0, 0.05) is 24.7 Å². The summed E-state index contributed by atoms with van der Waals surface area (Å²) in [7, 11) is -1.56. The molecule has 1 atom stereocenters. The zero-order valence-corrected chi connectivity index (χ0v) is 13.3. The lowest BCUT2D eigenvalue weighted by Crippen LogP contribution is -2.36. The van der Waals surface area contributed by atoms with Crippen LogP contribution in [0.5, 0.6) is 5.75 Å². The van der Waals surface area contributed by atoms with Gasteiger partial charge in [0.05, 0.1) is 11.5 Å². The Morgan fingerprint density at radius 3 is 2.70 bits per heavy atom. The summed E-state index contributed by atoms with van der Waals surface area (Å²) < 4.78 is 51.9. The molecule has 0 radical (unpaired) electrons. The average molecular weight is 345 g/mol. The van der Waals surface area contributed by atoms with Crippen molar-refractivity contribution < 1.29 is 26.7 Å². The summed E-state index contributed by atoms with van der Waals surface area (Å²) in [6, 6.07) is 5.75. The first-order valence-electron chi connectivity index (χ1n) is 6.97. The van der Waals surface area contributed by atoms with Gasteiger partial charge in [0.15, 0.2) is 9.84 Å². The van der Waals surface area contributed by atoms with E-state index in [2.05, 4.69) is 4.74 Å². The van der Waals surface area contributed by atoms with Crippen molar-refractivity contribution in [2.24, 2.45) is 0 Å². The molecule has 0 bridgehead atoms. The molecule has 1 aliphatic heterocycles. The second-order valence-corrected chi connectivity index (χ2v) is 7.48. The zero-order chi connectivity index (χ0) is 17.0. The summed E-state index contributed by atoms with van der Waals surface area (Å²) in [6.45, 7) is -2.95. The lowest BCUT2D eigenvalue weighted by atomic mass is 10.1. The summed E-state index contributed by atoms with van der Waals surface area (Å²) in [5, 5.41) is 0. The predicted octanol–water partition coefficient (Wildman–Crippen LogP) is 1.95. The van der Waals surface area contributed by atoms with Crippen LogP contribution < -0.4 is 4.74 Å². The van der Waals surface area contributed by atoms with E-state index in [0.29, 0.717) is 12.0 Å². The number of carbonyl (C=O) groups excluding carboxylic acids is 1. The number of benzene rings is 1. The second kappa shape index (κ2) is 7.08. The van der Waals surface area contributed by atoms with Crippen LogP contribution in [0.3, 0.4) is 0 Å². The fourth-order valence-corrected chi connectivity index (χ4v) is 4.14. The van der Waals surface area contributed by atoms with E-state index in [9.17, 15) is 22.0 Å². The molecule has 0 spiro atoms. The first-order valence-corrected chi connectivity index (χ1v) is 8.80. The number of nitrogens with zero attached hydrogens (tertiary/aromatic N) is 1. The first kappa shape index (κ1) is 17.4. The minimum Gasteiger partial charge on any atom is -0.434 e. The van der Waals surface area contributed by atoms with Crippen molar-refractivity contribution >= 4 is 21.8 Å². The standard InChI is InChI=1S/C15H17F2NO4S/c1-18(12-8-9-23(20,21)10-12)14(19)7-6-11-4-2-3-5-13(11)22-15(16)17/h2-7,12,15H,8-10H2,1H3/b7-6+. The Labute approximate surface area is 133 Å². The average Bonchev–Trinajstić information content (AvgIpc) is 2.85. The van der Waals surface area contributed by atoms with Gasteiger partial charge in [0.2, 0.25) is 5.91 Å². The molecule has 0 aromatic heterocycles. The largest absolute Gasteiger partial charge is 0.434 e. The number of halogens is 2. The smallest absolute Gasteiger partial charge is 0.387 e. The van der Waals surface area contributed by atoms with E-state index >= 15 is 0 Å². The van der Waals surface area contributed by atoms with Gasteiger partial charge in [-0.1, -0.05) is 18.2 Å². The molecule has 1 aromatic carbocycles. The molecule has 23 heavy (non-hydrogen) atoms. The number of hydrogen-bond acceptors (Lipinski definition) is 4. The van der Waals surface area contributed by atoms with Crippen LogP contribution in [0.25, 0.3) is 6.08 Å². The van der Waals surface area contributed by atoms with Gasteiger partial charge in [0.1, 0.15) is 5.75 Å². The molecule has 1 fully saturated rings. The van der Waals surface area contributed by atoms with Crippen LogP contribution in [-0.2, 0) is 14.6 Å². The number of hydrogen-bond donors (Lipinski definition) is 0. The summed E-state index contributed by atoms with van der Waals surface area (Å²) in [6.07, 6.45) is 3.00. The van der Waals surface area contributed by atoms with Gasteiger partial charge >= 0.3 is 6.61 Å². The molecular weight excluding hydrogens is 328 g/mol. The topological polar surface area (TPSA) is 63.7 Å². The van der Waals surface area contributed by atoms with Crippen LogP contribution in [0.1, 0.15) is 12.0 Å². The Morgan fingerprint density at radius 1 is 1.39 bits per heavy atom. The van der Waals surface area contributed by atoms with Crippen molar-refractivity contribution in [2.75, 3.05) is 18.6 Å². The lowest BCUT2D eigenvalue weighted by molar-refractivity contribution is -0.126. The molecule has 5 nitrogen and oxygen atoms in total. The Morgan fingerprint density at radius 2 is 2.09 bits per heavy atom.